The van der Waals surface area contributed by atoms with Crippen LogP contribution in [-0.2, 0) is 11.3 Å². The number of nitrogens with zero attached hydrogens (tertiary/aromatic N) is 3. The first kappa shape index (κ1) is 28.5. The number of aromatic amines is 1. The Bertz CT molecular complexity index is 1690. The van der Waals surface area contributed by atoms with Crippen LogP contribution in [0, 0.1) is 0 Å². The van der Waals surface area contributed by atoms with Gasteiger partial charge in [0.1, 0.15) is 40.5 Å². The second-order valence-electron chi connectivity index (χ2n) is 10.3. The average molecular weight is 599 g/mol. The van der Waals surface area contributed by atoms with Gasteiger partial charge in [-0.25, -0.2) is 0 Å². The highest BCUT2D eigenvalue weighted by Gasteiger charge is 2.39. The molecule has 2 aromatic heterocycles. The number of H-pyrrole nitrogens is 1. The molecule has 0 spiro atoms. The first-order chi connectivity index (χ1) is 21.4. The number of aromatic nitrogens is 3. The van der Waals surface area contributed by atoms with E-state index in [9.17, 15) is 14.4 Å². The number of likely N-dealkylation sites (tertiary alicyclic amines) is 1. The van der Waals surface area contributed by atoms with Gasteiger partial charge in [0.15, 0.2) is 6.61 Å². The minimum absolute atomic E-state index is 0.175. The number of rotatable bonds is 4. The van der Waals surface area contributed by atoms with Crippen molar-refractivity contribution in [3.8, 4) is 34.4 Å². The van der Waals surface area contributed by atoms with Crippen LogP contribution in [0.2, 0.25) is 0 Å². The summed E-state index contributed by atoms with van der Waals surface area (Å²) in [6.45, 7) is 0.297. The summed E-state index contributed by atoms with van der Waals surface area (Å²) in [6.07, 6.45) is 1.05. The highest BCUT2D eigenvalue weighted by atomic mass is 16.5. The van der Waals surface area contributed by atoms with Gasteiger partial charge in [-0.3, -0.25) is 24.5 Å². The molecule has 2 aromatic carbocycles. The quantitative estimate of drug-likeness (QED) is 0.320. The van der Waals surface area contributed by atoms with Crippen LogP contribution in [0.25, 0.3) is 11.4 Å². The first-order valence-corrected chi connectivity index (χ1v) is 13.9. The third-order valence-electron chi connectivity index (χ3n) is 7.38. The molecule has 0 unspecified atom stereocenters. The van der Waals surface area contributed by atoms with Gasteiger partial charge in [0, 0.05) is 42.5 Å². The summed E-state index contributed by atoms with van der Waals surface area (Å²) in [5, 5.41) is 12.9. The molecule has 1 saturated heterocycles. The van der Waals surface area contributed by atoms with Crippen LogP contribution in [-0.4, -0.2) is 83.9 Å². The Labute approximate surface area is 252 Å². The number of methoxy groups -OCH3 is 2. The molecule has 3 aliphatic heterocycles. The fraction of sp³-hybridized carbons (Fsp3) is 0.258. The number of hydrogen-bond acceptors (Lipinski definition) is 9. The summed E-state index contributed by atoms with van der Waals surface area (Å²) in [5.74, 6) is 0.576. The van der Waals surface area contributed by atoms with Crippen LogP contribution in [0.1, 0.15) is 26.4 Å². The van der Waals surface area contributed by atoms with Crippen molar-refractivity contribution >= 4 is 17.7 Å². The summed E-state index contributed by atoms with van der Waals surface area (Å²) < 4.78 is 23.0. The van der Waals surface area contributed by atoms with E-state index in [1.807, 2.05) is 6.07 Å². The fourth-order valence-electron chi connectivity index (χ4n) is 5.11. The van der Waals surface area contributed by atoms with Gasteiger partial charge >= 0.3 is 0 Å². The molecule has 4 bridgehead atoms. The lowest BCUT2D eigenvalue weighted by atomic mass is 10.1. The van der Waals surface area contributed by atoms with Gasteiger partial charge in [0.05, 0.1) is 32.5 Å². The van der Waals surface area contributed by atoms with E-state index in [1.54, 1.807) is 59.6 Å². The van der Waals surface area contributed by atoms with Crippen molar-refractivity contribution in [3.05, 3.63) is 83.7 Å². The van der Waals surface area contributed by atoms with Crippen LogP contribution in [0.3, 0.4) is 0 Å². The lowest BCUT2D eigenvalue weighted by Crippen LogP contribution is -2.45. The average Bonchev–Trinajstić information content (AvgIpc) is 3.70. The minimum Gasteiger partial charge on any atom is -0.497 e. The number of benzene rings is 2. The van der Waals surface area contributed by atoms with E-state index in [4.69, 9.17) is 18.9 Å². The molecule has 1 fully saturated rings. The topological polar surface area (TPSA) is 157 Å². The molecule has 0 aliphatic carbocycles. The van der Waals surface area contributed by atoms with Gasteiger partial charge in [-0.1, -0.05) is 6.07 Å². The SMILES string of the molecule is COc1cc2cc(c1)C(=O)N[C@H]1CN(C(=O)c3cc(-c4ccccn4)n[nH]3)C[C@@H]1Oc1ccc(c(OC)c1)CNC(=O)CO2. The van der Waals surface area contributed by atoms with Crippen LogP contribution in [0.15, 0.2) is 66.9 Å². The largest absolute Gasteiger partial charge is 0.497 e. The van der Waals surface area contributed by atoms with Crippen molar-refractivity contribution in [2.45, 2.75) is 18.7 Å². The molecule has 13 heteroatoms. The van der Waals surface area contributed by atoms with Crippen LogP contribution in [0.4, 0.5) is 0 Å². The van der Waals surface area contributed by atoms with Gasteiger partial charge in [0.25, 0.3) is 17.7 Å². The Hall–Kier alpha value is -5.59. The molecular formula is C31H30N6O7. The van der Waals surface area contributed by atoms with Crippen molar-refractivity contribution in [1.82, 2.24) is 30.7 Å². The molecule has 4 aromatic rings. The lowest BCUT2D eigenvalue weighted by Gasteiger charge is -2.22. The number of pyridine rings is 1. The van der Waals surface area contributed by atoms with Crippen molar-refractivity contribution < 1.29 is 33.3 Å². The fourth-order valence-corrected chi connectivity index (χ4v) is 5.11. The third kappa shape index (κ3) is 6.11. The van der Waals surface area contributed by atoms with Gasteiger partial charge in [0.2, 0.25) is 0 Å². The first-order valence-electron chi connectivity index (χ1n) is 13.9. The number of carbonyl (C=O) groups excluding carboxylic acids is 3. The Morgan fingerprint density at radius 3 is 2.66 bits per heavy atom. The highest BCUT2D eigenvalue weighted by molar-refractivity contribution is 5.96. The molecule has 226 valence electrons. The molecule has 2 atom stereocenters. The Morgan fingerprint density at radius 1 is 0.977 bits per heavy atom. The number of hydrogen-bond donors (Lipinski definition) is 3. The van der Waals surface area contributed by atoms with Crippen molar-refractivity contribution in [2.24, 2.45) is 0 Å². The highest BCUT2D eigenvalue weighted by Crippen LogP contribution is 2.29. The van der Waals surface area contributed by atoms with E-state index in [2.05, 4.69) is 25.8 Å². The van der Waals surface area contributed by atoms with Gasteiger partial charge in [-0.15, -0.1) is 0 Å². The third-order valence-corrected chi connectivity index (χ3v) is 7.38. The Kier molecular flexibility index (Phi) is 8.00. The molecule has 0 saturated carbocycles. The maximum atomic E-state index is 13.6. The zero-order valence-corrected chi connectivity index (χ0v) is 24.0. The van der Waals surface area contributed by atoms with Crippen molar-refractivity contribution in [3.63, 3.8) is 0 Å². The number of ether oxygens (including phenoxy) is 4. The zero-order chi connectivity index (χ0) is 30.6. The summed E-state index contributed by atoms with van der Waals surface area (Å²) in [5.41, 5.74) is 2.45. The Balaban J connectivity index is 1.30. The Morgan fingerprint density at radius 2 is 1.86 bits per heavy atom. The summed E-state index contributed by atoms with van der Waals surface area (Å²) in [7, 11) is 3.00. The predicted octanol–water partition coefficient (Wildman–Crippen LogP) is 2.20. The van der Waals surface area contributed by atoms with Gasteiger partial charge in [-0.05, 0) is 42.5 Å². The van der Waals surface area contributed by atoms with Crippen LogP contribution >= 0.6 is 0 Å². The molecule has 7 rings (SSSR count). The number of nitrogens with one attached hydrogen (secondary N) is 3. The summed E-state index contributed by atoms with van der Waals surface area (Å²) in [6, 6.07) is 16.5. The molecule has 3 amide bonds. The van der Waals surface area contributed by atoms with Crippen molar-refractivity contribution in [1.29, 1.82) is 0 Å². The molecular weight excluding hydrogens is 568 g/mol. The molecule has 3 N–H and O–H groups in total. The van der Waals surface area contributed by atoms with Crippen LogP contribution < -0.4 is 29.6 Å². The lowest BCUT2D eigenvalue weighted by molar-refractivity contribution is -0.123. The monoisotopic (exact) mass is 598 g/mol. The maximum Gasteiger partial charge on any atom is 0.272 e. The summed E-state index contributed by atoms with van der Waals surface area (Å²) in [4.78, 5) is 45.5. The molecule has 13 nitrogen and oxygen atoms in total. The van der Waals surface area contributed by atoms with E-state index in [0.29, 0.717) is 28.6 Å². The normalized spacial score (nSPS) is 18.3. The van der Waals surface area contributed by atoms with E-state index >= 15 is 0 Å². The molecule has 5 heterocycles. The van der Waals surface area contributed by atoms with E-state index < -0.39 is 18.1 Å². The van der Waals surface area contributed by atoms with E-state index in [0.717, 1.165) is 5.56 Å². The number of amides is 3. The van der Waals surface area contributed by atoms with Gasteiger partial charge in [-0.2, -0.15) is 5.10 Å². The van der Waals surface area contributed by atoms with E-state index in [-0.39, 0.29) is 55.1 Å². The van der Waals surface area contributed by atoms with Gasteiger partial charge < -0.3 is 34.5 Å². The zero-order valence-electron chi connectivity index (χ0n) is 24.0. The summed E-state index contributed by atoms with van der Waals surface area (Å²) >= 11 is 0. The molecule has 0 radical (unpaired) electrons. The van der Waals surface area contributed by atoms with E-state index in [1.165, 1.54) is 20.3 Å². The smallest absolute Gasteiger partial charge is 0.272 e. The second-order valence-corrected chi connectivity index (χ2v) is 10.3. The standard InChI is InChI=1S/C31H30N6O7/c1-41-21-9-19-10-22(11-21)43-17-29(38)33-14-18-6-7-20(12-27(18)42-2)44-28-16-37(15-26(28)34-30(19)39)31(40)25-13-24(35-36-25)23-5-3-4-8-32-23/h3-13,26,28H,14-17H2,1-2H3,(H,33,38)(H,34,39)(H,35,36)/t26-,28-/m0/s1. The number of carbonyl (C=O) groups is 3. The minimum atomic E-state index is -0.603. The van der Waals surface area contributed by atoms with Crippen molar-refractivity contribution in [2.75, 3.05) is 33.9 Å². The molecule has 44 heavy (non-hydrogen) atoms. The predicted molar refractivity (Wildman–Crippen MR) is 157 cm³/mol. The van der Waals surface area contributed by atoms with Crippen LogP contribution in [0.5, 0.6) is 23.0 Å². The molecule has 3 aliphatic rings. The maximum absolute atomic E-state index is 13.6. The number of fused-ring (bicyclic) bond motifs is 7. The second kappa shape index (κ2) is 12.3.